The maximum Gasteiger partial charge on any atom is 0.438 e. The first-order valence-corrected chi connectivity index (χ1v) is 13.3. The number of ether oxygens (including phenoxy) is 3. The number of amidine groups is 1. The number of carbonyl (C=O) groups is 2. The van der Waals surface area contributed by atoms with E-state index in [4.69, 9.17) is 18.7 Å². The maximum atomic E-state index is 13.5. The van der Waals surface area contributed by atoms with E-state index < -0.39 is 11.4 Å². The van der Waals surface area contributed by atoms with Gasteiger partial charge in [-0.3, -0.25) is 19.0 Å². The van der Waals surface area contributed by atoms with Crippen LogP contribution in [0.25, 0.3) is 11.8 Å². The minimum atomic E-state index is -0.815. The zero-order chi connectivity index (χ0) is 28.9. The van der Waals surface area contributed by atoms with Crippen LogP contribution >= 0.6 is 11.8 Å². The van der Waals surface area contributed by atoms with Crippen LogP contribution < -0.4 is 29.4 Å². The predicted octanol–water partition coefficient (Wildman–Crippen LogP) is 3.63. The summed E-state index contributed by atoms with van der Waals surface area (Å²) in [6.07, 6.45) is 1.63. The van der Waals surface area contributed by atoms with Gasteiger partial charge in [-0.05, 0) is 58.0 Å². The largest absolute Gasteiger partial charge is 0.497 e. The average Bonchev–Trinajstić information content (AvgIpc) is 3.55. The molecular weight excluding hydrogens is 548 g/mol. The number of hydrogen-bond acceptors (Lipinski definition) is 9. The smallest absolute Gasteiger partial charge is 0.438 e. The summed E-state index contributed by atoms with van der Waals surface area (Å²) in [6.45, 7) is 0. The van der Waals surface area contributed by atoms with Gasteiger partial charge in [-0.2, -0.15) is 0 Å². The second-order valence-corrected chi connectivity index (χ2v) is 9.53. The minimum Gasteiger partial charge on any atom is -0.497 e. The number of nitrogens with zero attached hydrogens (tertiary/aromatic N) is 3. The lowest BCUT2D eigenvalue weighted by Gasteiger charge is -2.17. The number of anilines is 1. The normalized spacial score (nSPS) is 13.8. The number of ketones is 1. The van der Waals surface area contributed by atoms with Crippen LogP contribution in [0.2, 0.25) is 0 Å². The van der Waals surface area contributed by atoms with E-state index in [1.165, 1.54) is 23.8 Å². The number of thioether (sulfide) groups is 1. The Labute approximate surface area is 238 Å². The molecule has 1 aliphatic heterocycles. The van der Waals surface area contributed by atoms with Gasteiger partial charge in [0, 0.05) is 12.1 Å². The Balaban J connectivity index is 1.44. The van der Waals surface area contributed by atoms with Gasteiger partial charge in [0.25, 0.3) is 5.91 Å². The number of Topliss-reactive ketones (excluding diaryl/α,β-unsaturated/α-hetero) is 1. The van der Waals surface area contributed by atoms with E-state index in [9.17, 15) is 14.4 Å². The number of para-hydroxylation sites is 1. The van der Waals surface area contributed by atoms with E-state index in [1.807, 2.05) is 6.07 Å². The number of carbonyl (C=O) groups excluding carboxylic acids is 2. The Morgan fingerprint density at radius 1 is 0.976 bits per heavy atom. The molecule has 208 valence electrons. The highest BCUT2D eigenvalue weighted by Crippen LogP contribution is 2.32. The van der Waals surface area contributed by atoms with Crippen LogP contribution in [0.3, 0.4) is 0 Å². The molecule has 4 aromatic rings. The number of aromatic nitrogens is 2. The van der Waals surface area contributed by atoms with Gasteiger partial charge in [-0.25, -0.2) is 9.79 Å². The number of H-pyrrole nitrogens is 1. The summed E-state index contributed by atoms with van der Waals surface area (Å²) in [5, 5.41) is 2.75. The molecule has 11 nitrogen and oxygen atoms in total. The van der Waals surface area contributed by atoms with Crippen LogP contribution in [0.15, 0.2) is 92.8 Å². The van der Waals surface area contributed by atoms with E-state index in [-0.39, 0.29) is 28.2 Å². The Bertz CT molecular complexity index is 1710. The fourth-order valence-corrected chi connectivity index (χ4v) is 5.00. The summed E-state index contributed by atoms with van der Waals surface area (Å²) in [4.78, 5) is 45.3. The van der Waals surface area contributed by atoms with Crippen molar-refractivity contribution in [3.8, 4) is 22.9 Å². The van der Waals surface area contributed by atoms with E-state index in [1.54, 1.807) is 79.9 Å². The first kappa shape index (κ1) is 27.5. The molecule has 3 aromatic carbocycles. The Kier molecular flexibility index (Phi) is 8.01. The zero-order valence-corrected chi connectivity index (χ0v) is 23.1. The van der Waals surface area contributed by atoms with E-state index in [0.717, 1.165) is 11.8 Å². The average molecular weight is 574 g/mol. The number of benzene rings is 3. The molecule has 5 rings (SSSR count). The van der Waals surface area contributed by atoms with Crippen LogP contribution in [0.5, 0.6) is 17.2 Å². The van der Waals surface area contributed by atoms with Crippen molar-refractivity contribution in [3.05, 3.63) is 100 Å². The maximum absolute atomic E-state index is 13.5. The van der Waals surface area contributed by atoms with Crippen molar-refractivity contribution in [1.82, 2.24) is 5.27 Å². The van der Waals surface area contributed by atoms with Gasteiger partial charge in [0.15, 0.2) is 16.7 Å². The van der Waals surface area contributed by atoms with Crippen molar-refractivity contribution in [2.75, 3.05) is 32.0 Å². The van der Waals surface area contributed by atoms with Gasteiger partial charge in [-0.1, -0.05) is 36.0 Å². The van der Waals surface area contributed by atoms with Crippen molar-refractivity contribution in [2.24, 2.45) is 4.99 Å². The summed E-state index contributed by atoms with van der Waals surface area (Å²) >= 11 is 1.04. The third-order valence-corrected chi connectivity index (χ3v) is 7.07. The van der Waals surface area contributed by atoms with Gasteiger partial charge in [0.2, 0.25) is 11.5 Å². The van der Waals surface area contributed by atoms with Crippen LogP contribution in [0.1, 0.15) is 16.1 Å². The molecule has 0 radical (unpaired) electrons. The van der Waals surface area contributed by atoms with Gasteiger partial charge in [0.1, 0.15) is 11.4 Å². The van der Waals surface area contributed by atoms with Crippen molar-refractivity contribution in [3.63, 3.8) is 0 Å². The van der Waals surface area contributed by atoms with Crippen LogP contribution in [0.4, 0.5) is 5.69 Å². The number of amides is 1. The summed E-state index contributed by atoms with van der Waals surface area (Å²) < 4.78 is 22.0. The molecule has 0 atom stereocenters. The van der Waals surface area contributed by atoms with E-state index in [2.05, 4.69) is 10.3 Å². The molecule has 0 unspecified atom stereocenters. The Morgan fingerprint density at radius 2 is 1.71 bits per heavy atom. The molecule has 0 spiro atoms. The molecule has 1 amide bonds. The minimum absolute atomic E-state index is 0.172. The molecule has 1 aliphatic rings. The lowest BCUT2D eigenvalue weighted by Crippen LogP contribution is -2.41. The molecule has 0 fully saturated rings. The quantitative estimate of drug-likeness (QED) is 0.183. The molecule has 0 saturated carbocycles. The summed E-state index contributed by atoms with van der Waals surface area (Å²) in [5.74, 6) is 0.615. The first-order chi connectivity index (χ1) is 19.9. The first-order valence-electron chi connectivity index (χ1n) is 12.3. The van der Waals surface area contributed by atoms with Crippen molar-refractivity contribution >= 4 is 40.4 Å². The van der Waals surface area contributed by atoms with Crippen molar-refractivity contribution < 1.29 is 33.0 Å². The molecule has 0 aliphatic carbocycles. The van der Waals surface area contributed by atoms with Crippen molar-refractivity contribution in [1.29, 1.82) is 0 Å². The SMILES string of the molecule is COc1ccc(-[n+]2[nH]oc(=O)c2C(=O)CSC2=N/C(=C/c3ccc(OC)c(OC)c3)C(=O)N2c2ccccc2)cc1. The van der Waals surface area contributed by atoms with Gasteiger partial charge < -0.3 is 14.2 Å². The summed E-state index contributed by atoms with van der Waals surface area (Å²) in [7, 11) is 4.61. The monoisotopic (exact) mass is 573 g/mol. The van der Waals surface area contributed by atoms with Crippen LogP contribution in [-0.4, -0.2) is 49.2 Å². The number of aliphatic imine (C=N–C) groups is 1. The highest BCUT2D eigenvalue weighted by Gasteiger charge is 2.35. The predicted molar refractivity (Wildman–Crippen MR) is 153 cm³/mol. The summed E-state index contributed by atoms with van der Waals surface area (Å²) in [6, 6.07) is 21.0. The van der Waals surface area contributed by atoms with Gasteiger partial charge in [-0.15, -0.1) is 0 Å². The molecule has 0 saturated heterocycles. The second-order valence-electron chi connectivity index (χ2n) is 8.59. The number of methoxy groups -OCH3 is 3. The standard InChI is InChI=1S/C29H24N4O7S/c1-37-21-12-10-20(11-13-21)33-26(28(36)40-31-33)23(34)17-41-29-30-22(27(35)32(29)19-7-5-4-6-8-19)15-18-9-14-24(38-2)25(16-18)39-3/h4-16H,17H2,1-3H3/p+1/b22-15+. The fourth-order valence-electron chi connectivity index (χ4n) is 4.12. The third-order valence-electron chi connectivity index (χ3n) is 6.13. The summed E-state index contributed by atoms with van der Waals surface area (Å²) in [5.41, 5.74) is 0.927. The number of hydrogen-bond donors (Lipinski definition) is 1. The van der Waals surface area contributed by atoms with E-state index in [0.29, 0.717) is 34.2 Å². The molecule has 1 aromatic heterocycles. The fraction of sp³-hybridized carbons (Fsp3) is 0.138. The van der Waals surface area contributed by atoms with Crippen molar-refractivity contribution in [2.45, 2.75) is 0 Å². The Morgan fingerprint density at radius 3 is 2.39 bits per heavy atom. The molecule has 2 heterocycles. The molecule has 1 N–H and O–H groups in total. The lowest BCUT2D eigenvalue weighted by molar-refractivity contribution is -0.672. The molecular formula is C29H25N4O7S+. The molecule has 12 heteroatoms. The second kappa shape index (κ2) is 12.0. The number of rotatable bonds is 9. The lowest BCUT2D eigenvalue weighted by atomic mass is 10.1. The van der Waals surface area contributed by atoms with Crippen LogP contribution in [0, 0.1) is 0 Å². The van der Waals surface area contributed by atoms with Gasteiger partial charge >= 0.3 is 11.3 Å². The highest BCUT2D eigenvalue weighted by molar-refractivity contribution is 8.14. The Hall–Kier alpha value is -5.10. The van der Waals surface area contributed by atoms with E-state index >= 15 is 0 Å². The highest BCUT2D eigenvalue weighted by atomic mass is 32.2. The van der Waals surface area contributed by atoms with Crippen LogP contribution in [-0.2, 0) is 4.79 Å². The topological polar surface area (TPSA) is 127 Å². The number of nitrogens with one attached hydrogen (secondary N) is 1. The molecule has 0 bridgehead atoms. The molecule has 41 heavy (non-hydrogen) atoms. The zero-order valence-electron chi connectivity index (χ0n) is 22.3. The van der Waals surface area contributed by atoms with Gasteiger partial charge in [0.05, 0.1) is 32.8 Å². The third kappa shape index (κ3) is 5.63. The number of aromatic amines is 1.